The van der Waals surface area contributed by atoms with Crippen LogP contribution in [0.5, 0.6) is 11.5 Å². The molecule has 3 aliphatic heterocycles. The Morgan fingerprint density at radius 1 is 0.857 bits per heavy atom. The normalized spacial score (nSPS) is 18.4. The van der Waals surface area contributed by atoms with Gasteiger partial charge in [-0.3, -0.25) is 14.4 Å². The number of likely N-dealkylation sites (tertiary alicyclic amines) is 2. The number of rotatable bonds is 5. The molecule has 1 N–H and O–H groups in total. The largest absolute Gasteiger partial charge is 0.454 e. The fourth-order valence-electron chi connectivity index (χ4n) is 4.99. The number of nitrogens with zero attached hydrogens (tertiary/aromatic N) is 2. The summed E-state index contributed by atoms with van der Waals surface area (Å²) < 4.78 is 24.0. The summed E-state index contributed by atoms with van der Waals surface area (Å²) in [6.45, 7) is 2.48. The first kappa shape index (κ1) is 23.1. The number of halogens is 1. The van der Waals surface area contributed by atoms with E-state index in [9.17, 15) is 18.8 Å². The number of amides is 3. The average Bonchev–Trinajstić information content (AvgIpc) is 3.59. The minimum absolute atomic E-state index is 0.0847. The molecule has 2 aromatic carbocycles. The minimum atomic E-state index is -0.687. The molecule has 5 rings (SSSR count). The van der Waals surface area contributed by atoms with Gasteiger partial charge in [0.05, 0.1) is 0 Å². The molecule has 0 unspecified atom stereocenters. The molecule has 3 amide bonds. The van der Waals surface area contributed by atoms with Crippen molar-refractivity contribution < 1.29 is 28.2 Å². The fourth-order valence-corrected chi connectivity index (χ4v) is 4.99. The number of carbonyl (C=O) groups is 3. The lowest BCUT2D eigenvalue weighted by molar-refractivity contribution is -0.134. The van der Waals surface area contributed by atoms with Gasteiger partial charge in [0.15, 0.2) is 11.5 Å². The van der Waals surface area contributed by atoms with Crippen LogP contribution in [0.3, 0.4) is 0 Å². The zero-order valence-electron chi connectivity index (χ0n) is 19.4. The molecule has 2 saturated heterocycles. The van der Waals surface area contributed by atoms with Crippen LogP contribution in [0.25, 0.3) is 0 Å². The number of benzene rings is 2. The summed E-state index contributed by atoms with van der Waals surface area (Å²) in [5, 5.41) is 2.92. The van der Waals surface area contributed by atoms with Crippen molar-refractivity contribution in [2.45, 2.75) is 31.7 Å². The van der Waals surface area contributed by atoms with Crippen LogP contribution in [0.2, 0.25) is 0 Å². The lowest BCUT2D eigenvalue weighted by Crippen LogP contribution is -2.54. The highest BCUT2D eigenvalue weighted by Gasteiger charge is 2.37. The van der Waals surface area contributed by atoms with Crippen LogP contribution in [-0.2, 0) is 4.79 Å². The molecular formula is C26H28FN3O5. The Kier molecular flexibility index (Phi) is 6.57. The van der Waals surface area contributed by atoms with Crippen LogP contribution in [0, 0.1) is 11.7 Å². The molecule has 0 aromatic heterocycles. The smallest absolute Gasteiger partial charge is 0.253 e. The summed E-state index contributed by atoms with van der Waals surface area (Å²) in [4.78, 5) is 42.9. The molecule has 8 nitrogen and oxygen atoms in total. The zero-order valence-corrected chi connectivity index (χ0v) is 19.4. The second kappa shape index (κ2) is 9.93. The van der Waals surface area contributed by atoms with E-state index in [0.29, 0.717) is 61.6 Å². The van der Waals surface area contributed by atoms with Crippen LogP contribution in [0.4, 0.5) is 4.39 Å². The Hall–Kier alpha value is -3.62. The van der Waals surface area contributed by atoms with E-state index in [1.54, 1.807) is 28.0 Å². The van der Waals surface area contributed by atoms with Crippen molar-refractivity contribution in [1.29, 1.82) is 0 Å². The Balaban J connectivity index is 1.27. The molecule has 1 atom stereocenters. The average molecular weight is 482 g/mol. The number of hydrogen-bond donors (Lipinski definition) is 1. The van der Waals surface area contributed by atoms with E-state index in [4.69, 9.17) is 9.47 Å². The van der Waals surface area contributed by atoms with Crippen LogP contribution >= 0.6 is 0 Å². The first-order chi connectivity index (χ1) is 17.0. The van der Waals surface area contributed by atoms with Crippen molar-refractivity contribution in [1.82, 2.24) is 15.1 Å². The van der Waals surface area contributed by atoms with E-state index < -0.39 is 17.8 Å². The number of nitrogens with one attached hydrogen (secondary N) is 1. The Bertz CT molecular complexity index is 1110. The number of fused-ring (bicyclic) bond motifs is 1. The van der Waals surface area contributed by atoms with Gasteiger partial charge in [-0.1, -0.05) is 0 Å². The van der Waals surface area contributed by atoms with E-state index in [1.807, 2.05) is 0 Å². The molecule has 0 aliphatic carbocycles. The molecular weight excluding hydrogens is 453 g/mol. The standard InChI is InChI=1S/C26H28FN3O5/c27-20-6-3-18(4-7-20)24(31)28-23(26(33)29-11-1-2-12-29)17-9-13-30(14-10-17)25(32)19-5-8-21-22(15-19)35-16-34-21/h3-8,15,17,23H,1-2,9-14,16H2,(H,28,31)/t23-/m1/s1. The van der Waals surface area contributed by atoms with Gasteiger partial charge in [-0.15, -0.1) is 0 Å². The Morgan fingerprint density at radius 2 is 1.51 bits per heavy atom. The highest BCUT2D eigenvalue weighted by molar-refractivity contribution is 5.98. The van der Waals surface area contributed by atoms with Gasteiger partial charge in [-0.05, 0) is 74.1 Å². The van der Waals surface area contributed by atoms with Crippen LogP contribution in [-0.4, -0.2) is 66.5 Å². The molecule has 184 valence electrons. The Morgan fingerprint density at radius 3 is 2.23 bits per heavy atom. The number of carbonyl (C=O) groups excluding carboxylic acids is 3. The van der Waals surface area contributed by atoms with Gasteiger partial charge in [0, 0.05) is 37.3 Å². The lowest BCUT2D eigenvalue weighted by Gasteiger charge is -2.37. The third-order valence-electron chi connectivity index (χ3n) is 6.99. The second-order valence-electron chi connectivity index (χ2n) is 9.19. The van der Waals surface area contributed by atoms with Crippen molar-refractivity contribution in [3.63, 3.8) is 0 Å². The van der Waals surface area contributed by atoms with Crippen molar-refractivity contribution >= 4 is 17.7 Å². The van der Waals surface area contributed by atoms with E-state index in [2.05, 4.69) is 5.32 Å². The summed E-state index contributed by atoms with van der Waals surface area (Å²) in [7, 11) is 0. The highest BCUT2D eigenvalue weighted by atomic mass is 19.1. The molecule has 0 spiro atoms. The lowest BCUT2D eigenvalue weighted by atomic mass is 9.88. The van der Waals surface area contributed by atoms with E-state index in [1.165, 1.54) is 24.3 Å². The van der Waals surface area contributed by atoms with Crippen LogP contribution < -0.4 is 14.8 Å². The SMILES string of the molecule is O=C(N[C@@H](C(=O)N1CCCC1)C1CCN(C(=O)c2ccc3c(c2)OCO3)CC1)c1ccc(F)cc1. The fraction of sp³-hybridized carbons (Fsp3) is 0.423. The predicted molar refractivity (Wildman–Crippen MR) is 125 cm³/mol. The maximum Gasteiger partial charge on any atom is 0.253 e. The van der Waals surface area contributed by atoms with Gasteiger partial charge >= 0.3 is 0 Å². The van der Waals surface area contributed by atoms with E-state index in [-0.39, 0.29) is 24.5 Å². The molecule has 3 aliphatic rings. The van der Waals surface area contributed by atoms with Crippen molar-refractivity contribution in [3.05, 3.63) is 59.4 Å². The zero-order chi connectivity index (χ0) is 24.4. The molecule has 0 saturated carbocycles. The maximum atomic E-state index is 13.4. The predicted octanol–water partition coefficient (Wildman–Crippen LogP) is 2.83. The molecule has 35 heavy (non-hydrogen) atoms. The van der Waals surface area contributed by atoms with Crippen molar-refractivity contribution in [2.75, 3.05) is 33.0 Å². The summed E-state index contributed by atoms with van der Waals surface area (Å²) in [5.74, 6) is 0.0735. The van der Waals surface area contributed by atoms with Gasteiger partial charge in [0.25, 0.3) is 11.8 Å². The number of ether oxygens (including phenoxy) is 2. The first-order valence-corrected chi connectivity index (χ1v) is 12.0. The summed E-state index contributed by atoms with van der Waals surface area (Å²) in [6.07, 6.45) is 3.08. The topological polar surface area (TPSA) is 88.2 Å². The quantitative estimate of drug-likeness (QED) is 0.710. The molecule has 0 bridgehead atoms. The van der Waals surface area contributed by atoms with Crippen LogP contribution in [0.15, 0.2) is 42.5 Å². The number of hydrogen-bond acceptors (Lipinski definition) is 5. The molecule has 9 heteroatoms. The highest BCUT2D eigenvalue weighted by Crippen LogP contribution is 2.33. The van der Waals surface area contributed by atoms with Gasteiger partial charge in [-0.2, -0.15) is 0 Å². The van der Waals surface area contributed by atoms with Crippen molar-refractivity contribution in [3.8, 4) is 11.5 Å². The minimum Gasteiger partial charge on any atom is -0.454 e. The van der Waals surface area contributed by atoms with Gasteiger partial charge in [0.2, 0.25) is 12.7 Å². The summed E-state index contributed by atoms with van der Waals surface area (Å²) in [5.41, 5.74) is 0.836. The molecule has 2 fully saturated rings. The van der Waals surface area contributed by atoms with Gasteiger partial charge < -0.3 is 24.6 Å². The molecule has 2 aromatic rings. The monoisotopic (exact) mass is 481 g/mol. The third kappa shape index (κ3) is 4.94. The Labute approximate surface area is 203 Å². The van der Waals surface area contributed by atoms with E-state index >= 15 is 0 Å². The summed E-state index contributed by atoms with van der Waals surface area (Å²) in [6, 6.07) is 9.75. The molecule has 3 heterocycles. The third-order valence-corrected chi connectivity index (χ3v) is 6.99. The maximum absolute atomic E-state index is 13.4. The molecule has 0 radical (unpaired) electrons. The second-order valence-corrected chi connectivity index (χ2v) is 9.19. The van der Waals surface area contributed by atoms with E-state index in [0.717, 1.165) is 12.8 Å². The van der Waals surface area contributed by atoms with Crippen LogP contribution in [0.1, 0.15) is 46.4 Å². The van der Waals surface area contributed by atoms with Gasteiger partial charge in [-0.25, -0.2) is 4.39 Å². The van der Waals surface area contributed by atoms with Crippen molar-refractivity contribution in [2.24, 2.45) is 5.92 Å². The first-order valence-electron chi connectivity index (χ1n) is 12.0. The summed E-state index contributed by atoms with van der Waals surface area (Å²) >= 11 is 0. The van der Waals surface area contributed by atoms with Gasteiger partial charge in [0.1, 0.15) is 11.9 Å². The number of piperidine rings is 1.